The molecule has 3 rings (SSSR count). The second-order valence-electron chi connectivity index (χ2n) is 6.10. The Balaban J connectivity index is 1.80. The molecule has 6 nitrogen and oxygen atoms in total. The number of amides is 1. The van der Waals surface area contributed by atoms with Crippen LogP contribution in [0.3, 0.4) is 0 Å². The lowest BCUT2D eigenvalue weighted by Crippen LogP contribution is -2.18. The van der Waals surface area contributed by atoms with Crippen LogP contribution in [0.5, 0.6) is 11.5 Å². The minimum Gasteiger partial charge on any atom is -0.497 e. The van der Waals surface area contributed by atoms with Crippen LogP contribution in [0.2, 0.25) is 0 Å². The molecule has 0 fully saturated rings. The number of aromatic nitrogens is 1. The molecule has 0 atom stereocenters. The molecule has 2 aromatic carbocycles. The van der Waals surface area contributed by atoms with Crippen LogP contribution in [-0.2, 0) is 7.05 Å². The van der Waals surface area contributed by atoms with E-state index in [9.17, 15) is 4.79 Å². The highest BCUT2D eigenvalue weighted by Crippen LogP contribution is 2.28. The van der Waals surface area contributed by atoms with Crippen molar-refractivity contribution in [2.24, 2.45) is 12.1 Å². The summed E-state index contributed by atoms with van der Waals surface area (Å²) >= 11 is 0. The third-order valence-corrected chi connectivity index (χ3v) is 4.50. The topological polar surface area (TPSA) is 64.8 Å². The maximum absolute atomic E-state index is 12.7. The number of aryl methyl sites for hydroxylation is 1. The first-order valence-corrected chi connectivity index (χ1v) is 8.74. The molecule has 0 spiro atoms. The smallest absolute Gasteiger partial charge is 0.273 e. The maximum atomic E-state index is 12.7. The minimum absolute atomic E-state index is 0.256. The molecule has 0 bridgehead atoms. The Labute approximate surface area is 158 Å². The minimum atomic E-state index is -0.256. The van der Waals surface area contributed by atoms with Gasteiger partial charge in [0, 0.05) is 23.6 Å². The summed E-state index contributed by atoms with van der Waals surface area (Å²) in [6, 6.07) is 13.2. The highest BCUT2D eigenvalue weighted by atomic mass is 16.5. The Morgan fingerprint density at radius 1 is 1.19 bits per heavy atom. The largest absolute Gasteiger partial charge is 0.497 e. The quantitative estimate of drug-likeness (QED) is 0.536. The average Bonchev–Trinajstić information content (AvgIpc) is 2.93. The number of carbonyl (C=O) groups is 1. The monoisotopic (exact) mass is 365 g/mol. The van der Waals surface area contributed by atoms with Crippen LogP contribution < -0.4 is 14.9 Å². The number of hydrazone groups is 1. The number of benzene rings is 2. The van der Waals surface area contributed by atoms with Crippen LogP contribution >= 0.6 is 0 Å². The van der Waals surface area contributed by atoms with Crippen molar-refractivity contribution in [2.45, 2.75) is 13.8 Å². The lowest BCUT2D eigenvalue weighted by Gasteiger charge is -2.03. The third kappa shape index (κ3) is 3.79. The Hall–Kier alpha value is -3.28. The van der Waals surface area contributed by atoms with Gasteiger partial charge >= 0.3 is 0 Å². The molecule has 1 N–H and O–H groups in total. The highest BCUT2D eigenvalue weighted by Gasteiger charge is 2.18. The fourth-order valence-corrected chi connectivity index (χ4v) is 3.00. The molecule has 0 radical (unpaired) electrons. The number of hydrogen-bond acceptors (Lipinski definition) is 4. The first-order valence-electron chi connectivity index (χ1n) is 8.74. The first-order chi connectivity index (χ1) is 13.0. The average molecular weight is 365 g/mol. The molecular weight excluding hydrogens is 342 g/mol. The zero-order valence-electron chi connectivity index (χ0n) is 15.9. The van der Waals surface area contributed by atoms with Gasteiger partial charge in [0.15, 0.2) is 0 Å². The molecule has 0 unspecified atom stereocenters. The Bertz CT molecular complexity index is 988. The molecule has 1 aromatic heterocycles. The number of carbonyl (C=O) groups excluding carboxylic acids is 1. The Kier molecular flexibility index (Phi) is 5.45. The van der Waals surface area contributed by atoms with Crippen LogP contribution in [0.1, 0.15) is 28.5 Å². The number of ether oxygens (including phenoxy) is 2. The number of nitrogens with zero attached hydrogens (tertiary/aromatic N) is 2. The fraction of sp³-hybridized carbons (Fsp3) is 0.238. The number of nitrogens with one attached hydrogen (secondary N) is 1. The normalized spacial score (nSPS) is 11.1. The van der Waals surface area contributed by atoms with Gasteiger partial charge in [-0.25, -0.2) is 5.43 Å². The van der Waals surface area contributed by atoms with Crippen molar-refractivity contribution >= 4 is 23.0 Å². The number of methoxy groups -OCH3 is 1. The van der Waals surface area contributed by atoms with Gasteiger partial charge in [0.2, 0.25) is 0 Å². The maximum Gasteiger partial charge on any atom is 0.273 e. The van der Waals surface area contributed by atoms with E-state index in [0.717, 1.165) is 27.9 Å². The molecule has 0 aliphatic heterocycles. The summed E-state index contributed by atoms with van der Waals surface area (Å²) in [4.78, 5) is 12.7. The van der Waals surface area contributed by atoms with Crippen LogP contribution in [0.25, 0.3) is 10.9 Å². The van der Waals surface area contributed by atoms with Gasteiger partial charge in [0.05, 0.1) is 25.5 Å². The van der Waals surface area contributed by atoms with Crippen molar-refractivity contribution in [3.05, 3.63) is 59.3 Å². The molecule has 1 heterocycles. The van der Waals surface area contributed by atoms with Crippen LogP contribution in [0.15, 0.2) is 47.6 Å². The third-order valence-electron chi connectivity index (χ3n) is 4.50. The van der Waals surface area contributed by atoms with Crippen LogP contribution in [0, 0.1) is 6.92 Å². The van der Waals surface area contributed by atoms with E-state index in [0.29, 0.717) is 17.9 Å². The van der Waals surface area contributed by atoms with Gasteiger partial charge in [-0.05, 0) is 61.9 Å². The lowest BCUT2D eigenvalue weighted by atomic mass is 10.1. The molecular formula is C21H23N3O3. The van der Waals surface area contributed by atoms with Crippen molar-refractivity contribution in [1.29, 1.82) is 0 Å². The van der Waals surface area contributed by atoms with E-state index in [1.54, 1.807) is 13.3 Å². The van der Waals surface area contributed by atoms with Gasteiger partial charge in [0.25, 0.3) is 5.91 Å². The molecule has 1 amide bonds. The summed E-state index contributed by atoms with van der Waals surface area (Å²) in [5, 5.41) is 4.92. The highest BCUT2D eigenvalue weighted by molar-refractivity contribution is 6.08. The summed E-state index contributed by atoms with van der Waals surface area (Å²) in [7, 11) is 3.54. The summed E-state index contributed by atoms with van der Waals surface area (Å²) in [6.07, 6.45) is 1.61. The van der Waals surface area contributed by atoms with E-state index in [1.165, 1.54) is 0 Å². The van der Waals surface area contributed by atoms with Crippen molar-refractivity contribution in [2.75, 3.05) is 13.7 Å². The fourth-order valence-electron chi connectivity index (χ4n) is 3.00. The molecule has 0 saturated heterocycles. The van der Waals surface area contributed by atoms with Crippen molar-refractivity contribution < 1.29 is 14.3 Å². The van der Waals surface area contributed by atoms with Gasteiger partial charge < -0.3 is 14.0 Å². The second kappa shape index (κ2) is 7.95. The van der Waals surface area contributed by atoms with E-state index >= 15 is 0 Å². The van der Waals surface area contributed by atoms with Gasteiger partial charge in [0.1, 0.15) is 11.5 Å². The van der Waals surface area contributed by atoms with E-state index in [4.69, 9.17) is 9.47 Å². The Morgan fingerprint density at radius 2 is 1.89 bits per heavy atom. The van der Waals surface area contributed by atoms with Crippen molar-refractivity contribution in [1.82, 2.24) is 9.99 Å². The van der Waals surface area contributed by atoms with E-state index in [1.807, 2.05) is 67.9 Å². The summed E-state index contributed by atoms with van der Waals surface area (Å²) in [5.74, 6) is 1.26. The zero-order valence-corrected chi connectivity index (χ0v) is 15.9. The number of rotatable bonds is 6. The lowest BCUT2D eigenvalue weighted by molar-refractivity contribution is 0.0956. The summed E-state index contributed by atoms with van der Waals surface area (Å²) in [5.41, 5.74) is 5.91. The van der Waals surface area contributed by atoms with E-state index in [2.05, 4.69) is 10.5 Å². The molecule has 3 aromatic rings. The molecule has 0 aliphatic carbocycles. The van der Waals surface area contributed by atoms with E-state index < -0.39 is 0 Å². The number of hydrogen-bond donors (Lipinski definition) is 1. The van der Waals surface area contributed by atoms with Crippen LogP contribution in [-0.4, -0.2) is 30.4 Å². The molecule has 27 heavy (non-hydrogen) atoms. The number of fused-ring (bicyclic) bond motifs is 1. The predicted octanol–water partition coefficient (Wildman–Crippen LogP) is 3.66. The molecule has 6 heteroatoms. The standard InChI is InChI=1S/C21H23N3O3/c1-5-27-16-8-6-15(7-9-16)13-22-23-21(25)20-14(2)24(3)19-11-10-17(26-4)12-18(19)20/h6-13H,5H2,1-4H3,(H,23,25)/b22-13-. The second-order valence-corrected chi connectivity index (χ2v) is 6.10. The predicted molar refractivity (Wildman–Crippen MR) is 107 cm³/mol. The molecule has 140 valence electrons. The first kappa shape index (κ1) is 18.5. The zero-order chi connectivity index (χ0) is 19.4. The summed E-state index contributed by atoms with van der Waals surface area (Å²) < 4.78 is 12.7. The van der Waals surface area contributed by atoms with Crippen molar-refractivity contribution in [3.8, 4) is 11.5 Å². The van der Waals surface area contributed by atoms with Gasteiger partial charge in [-0.1, -0.05) is 0 Å². The van der Waals surface area contributed by atoms with Gasteiger partial charge in [-0.2, -0.15) is 5.10 Å². The summed E-state index contributed by atoms with van der Waals surface area (Å²) in [6.45, 7) is 4.48. The van der Waals surface area contributed by atoms with Crippen LogP contribution in [0.4, 0.5) is 0 Å². The van der Waals surface area contributed by atoms with Gasteiger partial charge in [-0.3, -0.25) is 4.79 Å². The SMILES string of the molecule is CCOc1ccc(/C=N\NC(=O)c2c(C)n(C)c3ccc(OC)cc23)cc1. The van der Waals surface area contributed by atoms with E-state index in [-0.39, 0.29) is 5.91 Å². The Morgan fingerprint density at radius 3 is 2.56 bits per heavy atom. The van der Waals surface area contributed by atoms with Gasteiger partial charge in [-0.15, -0.1) is 0 Å². The molecule has 0 aliphatic rings. The molecule has 0 saturated carbocycles. The van der Waals surface area contributed by atoms with Crippen molar-refractivity contribution in [3.63, 3.8) is 0 Å².